The standard InChI is InChI=1S/C14H27N3O2S2/c1-6-17(7-2)10-12(4)16-21(18,19)14-8-11(3)13(20-14)9-15-5/h8,12,15-16H,6-7,9-10H2,1-5H3. The minimum Gasteiger partial charge on any atom is -0.315 e. The van der Waals surface area contributed by atoms with Crippen molar-refractivity contribution in [3.8, 4) is 0 Å². The number of nitrogens with zero attached hydrogens (tertiary/aromatic N) is 1. The molecular formula is C14H27N3O2S2. The fourth-order valence-electron chi connectivity index (χ4n) is 2.19. The Hall–Kier alpha value is -0.470. The molecule has 0 aromatic carbocycles. The molecule has 122 valence electrons. The molecule has 7 heteroatoms. The van der Waals surface area contributed by atoms with Gasteiger partial charge in [0, 0.05) is 24.0 Å². The fourth-order valence-corrected chi connectivity index (χ4v) is 5.04. The van der Waals surface area contributed by atoms with Gasteiger partial charge >= 0.3 is 0 Å². The van der Waals surface area contributed by atoms with Gasteiger partial charge in [0.25, 0.3) is 0 Å². The monoisotopic (exact) mass is 333 g/mol. The van der Waals surface area contributed by atoms with E-state index < -0.39 is 10.0 Å². The molecule has 1 heterocycles. The van der Waals surface area contributed by atoms with Crippen LogP contribution in [0, 0.1) is 6.92 Å². The van der Waals surface area contributed by atoms with Gasteiger partial charge in [0.1, 0.15) is 4.21 Å². The summed E-state index contributed by atoms with van der Waals surface area (Å²) >= 11 is 1.34. The SMILES string of the molecule is CCN(CC)CC(C)NS(=O)(=O)c1cc(C)c(CNC)s1. The third kappa shape index (κ3) is 5.34. The van der Waals surface area contributed by atoms with E-state index in [0.717, 1.165) is 30.1 Å². The van der Waals surface area contributed by atoms with Gasteiger partial charge in [-0.05, 0) is 45.6 Å². The van der Waals surface area contributed by atoms with Crippen molar-refractivity contribution in [2.24, 2.45) is 0 Å². The van der Waals surface area contributed by atoms with Crippen molar-refractivity contribution < 1.29 is 8.42 Å². The Morgan fingerprint density at radius 3 is 2.48 bits per heavy atom. The van der Waals surface area contributed by atoms with Crippen LogP contribution < -0.4 is 10.0 Å². The zero-order chi connectivity index (χ0) is 16.0. The first-order valence-electron chi connectivity index (χ1n) is 7.32. The summed E-state index contributed by atoms with van der Waals surface area (Å²) in [5.41, 5.74) is 1.02. The summed E-state index contributed by atoms with van der Waals surface area (Å²) < 4.78 is 28.0. The van der Waals surface area contributed by atoms with Crippen LogP contribution in [0.25, 0.3) is 0 Å². The van der Waals surface area contributed by atoms with Crippen LogP contribution in [-0.2, 0) is 16.6 Å². The van der Waals surface area contributed by atoms with Crippen molar-refractivity contribution in [2.45, 2.75) is 44.5 Å². The zero-order valence-corrected chi connectivity index (χ0v) is 15.2. The molecule has 1 rings (SSSR count). The van der Waals surface area contributed by atoms with Crippen molar-refractivity contribution in [1.82, 2.24) is 14.9 Å². The van der Waals surface area contributed by atoms with E-state index in [1.165, 1.54) is 11.3 Å². The van der Waals surface area contributed by atoms with E-state index in [-0.39, 0.29) is 6.04 Å². The van der Waals surface area contributed by atoms with E-state index in [0.29, 0.717) is 10.8 Å². The van der Waals surface area contributed by atoms with Gasteiger partial charge in [0.2, 0.25) is 10.0 Å². The Balaban J connectivity index is 2.79. The predicted molar refractivity (Wildman–Crippen MR) is 89.4 cm³/mol. The summed E-state index contributed by atoms with van der Waals surface area (Å²) in [5.74, 6) is 0. The highest BCUT2D eigenvalue weighted by atomic mass is 32.2. The van der Waals surface area contributed by atoms with E-state index in [2.05, 4.69) is 28.8 Å². The van der Waals surface area contributed by atoms with Crippen molar-refractivity contribution in [3.05, 3.63) is 16.5 Å². The van der Waals surface area contributed by atoms with Crippen LogP contribution in [0.3, 0.4) is 0 Å². The number of thiophene rings is 1. The van der Waals surface area contributed by atoms with E-state index in [1.54, 1.807) is 6.07 Å². The Morgan fingerprint density at radius 1 is 1.33 bits per heavy atom. The molecular weight excluding hydrogens is 306 g/mol. The molecule has 21 heavy (non-hydrogen) atoms. The number of nitrogens with one attached hydrogen (secondary N) is 2. The second-order valence-corrected chi connectivity index (χ2v) is 8.29. The molecule has 0 saturated heterocycles. The van der Waals surface area contributed by atoms with Gasteiger partial charge in [-0.15, -0.1) is 11.3 Å². The average Bonchev–Trinajstić information content (AvgIpc) is 2.78. The molecule has 2 N–H and O–H groups in total. The van der Waals surface area contributed by atoms with Crippen molar-refractivity contribution in [1.29, 1.82) is 0 Å². The second kappa shape index (κ2) is 8.24. The van der Waals surface area contributed by atoms with Crippen molar-refractivity contribution in [3.63, 3.8) is 0 Å². The predicted octanol–water partition coefficient (Wildman–Crippen LogP) is 1.78. The average molecular weight is 334 g/mol. The van der Waals surface area contributed by atoms with E-state index in [1.807, 2.05) is 20.9 Å². The highest BCUT2D eigenvalue weighted by molar-refractivity contribution is 7.91. The minimum atomic E-state index is -3.43. The fraction of sp³-hybridized carbons (Fsp3) is 0.714. The summed E-state index contributed by atoms with van der Waals surface area (Å²) in [6.45, 7) is 11.3. The number of likely N-dealkylation sites (N-methyl/N-ethyl adjacent to an activating group) is 1. The van der Waals surface area contributed by atoms with Gasteiger partial charge < -0.3 is 10.2 Å². The Kier molecular flexibility index (Phi) is 7.29. The lowest BCUT2D eigenvalue weighted by molar-refractivity contribution is 0.282. The molecule has 1 atom stereocenters. The molecule has 0 radical (unpaired) electrons. The molecule has 0 aliphatic rings. The largest absolute Gasteiger partial charge is 0.315 e. The van der Waals surface area contributed by atoms with Gasteiger partial charge in [0.15, 0.2) is 0 Å². The molecule has 1 aromatic rings. The molecule has 0 fully saturated rings. The van der Waals surface area contributed by atoms with Gasteiger partial charge in [0.05, 0.1) is 0 Å². The van der Waals surface area contributed by atoms with Crippen LogP contribution in [0.5, 0.6) is 0 Å². The molecule has 1 unspecified atom stereocenters. The first kappa shape index (κ1) is 18.6. The van der Waals surface area contributed by atoms with Crippen LogP contribution in [0.15, 0.2) is 10.3 Å². The lowest BCUT2D eigenvalue weighted by Crippen LogP contribution is -2.41. The summed E-state index contributed by atoms with van der Waals surface area (Å²) in [6.07, 6.45) is 0. The van der Waals surface area contributed by atoms with Crippen LogP contribution >= 0.6 is 11.3 Å². The quantitative estimate of drug-likeness (QED) is 0.723. The maximum Gasteiger partial charge on any atom is 0.250 e. The lowest BCUT2D eigenvalue weighted by Gasteiger charge is -2.23. The van der Waals surface area contributed by atoms with Gasteiger partial charge in [-0.1, -0.05) is 13.8 Å². The van der Waals surface area contributed by atoms with Crippen LogP contribution in [0.1, 0.15) is 31.2 Å². The molecule has 0 amide bonds. The molecule has 0 aliphatic heterocycles. The summed E-state index contributed by atoms with van der Waals surface area (Å²) in [6, 6.07) is 1.65. The second-order valence-electron chi connectivity index (χ2n) is 5.21. The third-order valence-electron chi connectivity index (χ3n) is 3.38. The highest BCUT2D eigenvalue weighted by Gasteiger charge is 2.21. The smallest absolute Gasteiger partial charge is 0.250 e. The number of rotatable bonds is 9. The van der Waals surface area contributed by atoms with Crippen LogP contribution in [0.4, 0.5) is 0 Å². The van der Waals surface area contributed by atoms with E-state index >= 15 is 0 Å². The van der Waals surface area contributed by atoms with E-state index in [4.69, 9.17) is 0 Å². The lowest BCUT2D eigenvalue weighted by atomic mass is 10.3. The van der Waals surface area contributed by atoms with Gasteiger partial charge in [-0.2, -0.15) is 0 Å². The van der Waals surface area contributed by atoms with E-state index in [9.17, 15) is 8.42 Å². The highest BCUT2D eigenvalue weighted by Crippen LogP contribution is 2.26. The number of hydrogen-bond donors (Lipinski definition) is 2. The molecule has 0 bridgehead atoms. The maximum absolute atomic E-state index is 12.4. The van der Waals surface area contributed by atoms with Crippen molar-refractivity contribution >= 4 is 21.4 Å². The zero-order valence-electron chi connectivity index (χ0n) is 13.6. The third-order valence-corrected chi connectivity index (χ3v) is 6.68. The van der Waals surface area contributed by atoms with Crippen LogP contribution in [0.2, 0.25) is 0 Å². The Labute approximate surface area is 132 Å². The summed E-state index contributed by atoms with van der Waals surface area (Å²) in [7, 11) is -1.57. The number of hydrogen-bond acceptors (Lipinski definition) is 5. The normalized spacial score (nSPS) is 13.8. The maximum atomic E-state index is 12.4. The molecule has 1 aromatic heterocycles. The first-order chi connectivity index (χ1) is 9.83. The Morgan fingerprint density at radius 2 is 1.95 bits per heavy atom. The van der Waals surface area contributed by atoms with Crippen molar-refractivity contribution in [2.75, 3.05) is 26.7 Å². The van der Waals surface area contributed by atoms with Gasteiger partial charge in [-0.25, -0.2) is 13.1 Å². The molecule has 5 nitrogen and oxygen atoms in total. The van der Waals surface area contributed by atoms with Crippen LogP contribution in [-0.4, -0.2) is 46.0 Å². The number of aryl methyl sites for hydroxylation is 1. The number of sulfonamides is 1. The molecule has 0 spiro atoms. The summed E-state index contributed by atoms with van der Waals surface area (Å²) in [4.78, 5) is 3.27. The molecule has 0 aliphatic carbocycles. The first-order valence-corrected chi connectivity index (χ1v) is 9.62. The Bertz CT molecular complexity index is 536. The molecule has 0 saturated carbocycles. The topological polar surface area (TPSA) is 61.4 Å². The van der Waals surface area contributed by atoms with Gasteiger partial charge in [-0.3, -0.25) is 0 Å². The minimum absolute atomic E-state index is 0.106. The summed E-state index contributed by atoms with van der Waals surface area (Å²) in [5, 5.41) is 3.06.